The van der Waals surface area contributed by atoms with E-state index >= 15 is 0 Å². The number of benzene rings is 2. The van der Waals surface area contributed by atoms with E-state index < -0.39 is 6.10 Å². The van der Waals surface area contributed by atoms with E-state index in [4.69, 9.17) is 19.3 Å². The molecule has 7 heteroatoms. The normalized spacial score (nSPS) is 14.5. The second kappa shape index (κ2) is 10.2. The van der Waals surface area contributed by atoms with Gasteiger partial charge in [0.05, 0.1) is 25.4 Å². The highest BCUT2D eigenvalue weighted by molar-refractivity contribution is 5.66. The van der Waals surface area contributed by atoms with Crippen LogP contribution in [0, 0.1) is 0 Å². The lowest BCUT2D eigenvalue weighted by atomic mass is 10.1. The van der Waals surface area contributed by atoms with Crippen molar-refractivity contribution in [3.8, 4) is 28.6 Å². The van der Waals surface area contributed by atoms with E-state index in [1.54, 1.807) is 18.9 Å². The summed E-state index contributed by atoms with van der Waals surface area (Å²) in [6.07, 6.45) is 1.71. The summed E-state index contributed by atoms with van der Waals surface area (Å²) in [6.45, 7) is 1.47. The number of methoxy groups -OCH3 is 2. The van der Waals surface area contributed by atoms with Gasteiger partial charge in [-0.3, -0.25) is 4.90 Å². The molecule has 170 valence electrons. The molecule has 1 atom stereocenters. The van der Waals surface area contributed by atoms with Crippen LogP contribution >= 0.6 is 0 Å². The van der Waals surface area contributed by atoms with Gasteiger partial charge < -0.3 is 19.3 Å². The highest BCUT2D eigenvalue weighted by Gasteiger charge is 2.33. The first-order valence-electron chi connectivity index (χ1n) is 10.9. The van der Waals surface area contributed by atoms with Crippen LogP contribution in [0.15, 0.2) is 54.6 Å². The summed E-state index contributed by atoms with van der Waals surface area (Å²) in [5.74, 6) is 1.96. The molecule has 1 aliphatic carbocycles. The Labute approximate surface area is 189 Å². The van der Waals surface area contributed by atoms with Gasteiger partial charge >= 0.3 is 0 Å². The number of aryl methyl sites for hydroxylation is 1. The third-order valence-electron chi connectivity index (χ3n) is 5.64. The van der Waals surface area contributed by atoms with Crippen molar-refractivity contribution >= 4 is 0 Å². The van der Waals surface area contributed by atoms with Gasteiger partial charge in [-0.05, 0) is 25.0 Å². The van der Waals surface area contributed by atoms with Gasteiger partial charge in [0.25, 0.3) is 0 Å². The van der Waals surface area contributed by atoms with E-state index in [0.29, 0.717) is 43.1 Å². The average Bonchev–Trinajstić information content (AvgIpc) is 3.61. The first kappa shape index (κ1) is 22.3. The van der Waals surface area contributed by atoms with E-state index in [0.717, 1.165) is 29.7 Å². The summed E-state index contributed by atoms with van der Waals surface area (Å²) >= 11 is 0. The van der Waals surface area contributed by atoms with Crippen molar-refractivity contribution in [1.82, 2.24) is 14.7 Å². The molecule has 0 radical (unpaired) electrons. The topological polar surface area (TPSA) is 69.0 Å². The van der Waals surface area contributed by atoms with Crippen molar-refractivity contribution in [2.24, 2.45) is 7.05 Å². The van der Waals surface area contributed by atoms with Crippen LogP contribution in [0.2, 0.25) is 0 Å². The van der Waals surface area contributed by atoms with Crippen LogP contribution in [0.25, 0.3) is 11.3 Å². The summed E-state index contributed by atoms with van der Waals surface area (Å²) in [7, 11) is 5.13. The van der Waals surface area contributed by atoms with Crippen molar-refractivity contribution in [1.29, 1.82) is 0 Å². The number of aliphatic hydroxyl groups is 1. The number of nitrogens with zero attached hydrogens (tertiary/aromatic N) is 3. The van der Waals surface area contributed by atoms with Gasteiger partial charge in [0.15, 0.2) is 11.5 Å². The number of aromatic nitrogens is 2. The zero-order chi connectivity index (χ0) is 22.5. The summed E-state index contributed by atoms with van der Waals surface area (Å²) < 4.78 is 18.8. The van der Waals surface area contributed by atoms with Gasteiger partial charge in [-0.15, -0.1) is 0 Å². The molecule has 0 aliphatic heterocycles. The molecule has 4 rings (SSSR count). The molecule has 1 saturated carbocycles. The van der Waals surface area contributed by atoms with Crippen molar-refractivity contribution < 1.29 is 19.3 Å². The van der Waals surface area contributed by atoms with Crippen LogP contribution in [0.1, 0.15) is 18.4 Å². The minimum atomic E-state index is -0.545. The molecular weight excluding hydrogens is 406 g/mol. The highest BCUT2D eigenvalue weighted by atomic mass is 16.5. The molecule has 1 aromatic heterocycles. The maximum atomic E-state index is 10.4. The third kappa shape index (κ3) is 5.12. The van der Waals surface area contributed by atoms with Crippen molar-refractivity contribution in [3.63, 3.8) is 0 Å². The molecule has 1 fully saturated rings. The Morgan fingerprint density at radius 3 is 2.41 bits per heavy atom. The summed E-state index contributed by atoms with van der Waals surface area (Å²) in [5, 5.41) is 15.2. The second-order valence-corrected chi connectivity index (χ2v) is 8.14. The van der Waals surface area contributed by atoms with Crippen LogP contribution in [0.4, 0.5) is 0 Å². The highest BCUT2D eigenvalue weighted by Crippen LogP contribution is 2.39. The molecule has 1 N–H and O–H groups in total. The van der Waals surface area contributed by atoms with Crippen LogP contribution < -0.4 is 9.47 Å². The van der Waals surface area contributed by atoms with Crippen molar-refractivity contribution in [2.45, 2.75) is 31.5 Å². The predicted molar refractivity (Wildman–Crippen MR) is 123 cm³/mol. The lowest BCUT2D eigenvalue weighted by molar-refractivity contribution is 0.0336. The van der Waals surface area contributed by atoms with Gasteiger partial charge in [0, 0.05) is 38.9 Å². The minimum absolute atomic E-state index is 0.312. The fourth-order valence-electron chi connectivity index (χ4n) is 3.96. The maximum absolute atomic E-state index is 10.4. The van der Waals surface area contributed by atoms with Crippen LogP contribution in [0.5, 0.6) is 17.4 Å². The number of hydrogen-bond donors (Lipinski definition) is 1. The Kier molecular flexibility index (Phi) is 7.09. The summed E-state index contributed by atoms with van der Waals surface area (Å²) in [6, 6.07) is 18.2. The van der Waals surface area contributed by atoms with Crippen molar-refractivity contribution in [3.05, 3.63) is 60.2 Å². The standard InChI is InChI=1S/C25H31N3O4/c1-27-25(32-23-12-8-7-11-22(23)31-3)21(24(26-27)18-9-5-4-6-10-18)16-28(19-13-14-19)15-20(29)17-30-2/h4-12,19-20,29H,13-17H2,1-3H3/t20-/m0/s1. The number of rotatable bonds is 11. The first-order chi connectivity index (χ1) is 15.6. The fourth-order valence-corrected chi connectivity index (χ4v) is 3.96. The molecule has 2 aromatic carbocycles. The Morgan fingerprint density at radius 1 is 1.06 bits per heavy atom. The maximum Gasteiger partial charge on any atom is 0.222 e. The van der Waals surface area contributed by atoms with Crippen LogP contribution in [-0.2, 0) is 18.3 Å². The van der Waals surface area contributed by atoms with Crippen molar-refractivity contribution in [2.75, 3.05) is 27.4 Å². The largest absolute Gasteiger partial charge is 0.493 e. The Bertz CT molecular complexity index is 1020. The Morgan fingerprint density at radius 2 is 1.75 bits per heavy atom. The zero-order valence-electron chi connectivity index (χ0n) is 18.9. The van der Waals surface area contributed by atoms with Gasteiger partial charge in [-0.1, -0.05) is 42.5 Å². The number of aliphatic hydroxyl groups excluding tert-OH is 1. The second-order valence-electron chi connectivity index (χ2n) is 8.14. The van der Waals surface area contributed by atoms with E-state index in [1.165, 1.54) is 0 Å². The molecule has 0 saturated heterocycles. The first-order valence-corrected chi connectivity index (χ1v) is 10.9. The van der Waals surface area contributed by atoms with E-state index in [-0.39, 0.29) is 0 Å². The molecule has 0 spiro atoms. The van der Waals surface area contributed by atoms with Gasteiger partial charge in [0.2, 0.25) is 5.88 Å². The van der Waals surface area contributed by atoms with Gasteiger partial charge in [-0.2, -0.15) is 5.10 Å². The monoisotopic (exact) mass is 437 g/mol. The number of ether oxygens (including phenoxy) is 3. The lowest BCUT2D eigenvalue weighted by Gasteiger charge is -2.25. The minimum Gasteiger partial charge on any atom is -0.493 e. The lowest BCUT2D eigenvalue weighted by Crippen LogP contribution is -2.36. The molecule has 1 aliphatic rings. The number of hydrogen-bond acceptors (Lipinski definition) is 6. The molecule has 3 aromatic rings. The molecule has 0 bridgehead atoms. The molecular formula is C25H31N3O4. The summed E-state index contributed by atoms with van der Waals surface area (Å²) in [5.41, 5.74) is 2.90. The van der Waals surface area contributed by atoms with Crippen LogP contribution in [-0.4, -0.2) is 59.3 Å². The molecule has 0 unspecified atom stereocenters. The third-order valence-corrected chi connectivity index (χ3v) is 5.64. The fraction of sp³-hybridized carbons (Fsp3) is 0.400. The molecule has 32 heavy (non-hydrogen) atoms. The number of para-hydroxylation sites is 2. The van der Waals surface area contributed by atoms with E-state index in [9.17, 15) is 5.11 Å². The van der Waals surface area contributed by atoms with E-state index in [1.807, 2.05) is 49.5 Å². The SMILES string of the molecule is COC[C@@H](O)CN(Cc1c(-c2ccccc2)nn(C)c1Oc1ccccc1OC)C1CC1. The molecule has 1 heterocycles. The molecule has 7 nitrogen and oxygen atoms in total. The quantitative estimate of drug-likeness (QED) is 0.491. The smallest absolute Gasteiger partial charge is 0.222 e. The Balaban J connectivity index is 1.72. The van der Waals surface area contributed by atoms with Gasteiger partial charge in [-0.25, -0.2) is 4.68 Å². The Hall–Kier alpha value is -2.87. The van der Waals surface area contributed by atoms with Crippen LogP contribution in [0.3, 0.4) is 0 Å². The molecule has 0 amide bonds. The van der Waals surface area contributed by atoms with Gasteiger partial charge in [0.1, 0.15) is 5.69 Å². The zero-order valence-corrected chi connectivity index (χ0v) is 18.9. The van der Waals surface area contributed by atoms with E-state index in [2.05, 4.69) is 17.0 Å². The predicted octanol–water partition coefficient (Wildman–Crippen LogP) is 3.86. The average molecular weight is 438 g/mol. The summed E-state index contributed by atoms with van der Waals surface area (Å²) in [4.78, 5) is 2.31.